The highest BCUT2D eigenvalue weighted by Crippen LogP contribution is 2.17. The number of nitrogen functional groups attached to an aromatic ring is 1. The van der Waals surface area contributed by atoms with Crippen LogP contribution in [0.15, 0.2) is 146 Å². The first kappa shape index (κ1) is 43.6. The molecule has 1 aromatic heterocycles. The van der Waals surface area contributed by atoms with Crippen LogP contribution in [0.4, 0.5) is 10.6 Å². The summed E-state index contributed by atoms with van der Waals surface area (Å²) in [7, 11) is 0. The second-order valence-electron chi connectivity index (χ2n) is 15.0. The van der Waals surface area contributed by atoms with Crippen molar-refractivity contribution in [2.24, 2.45) is 0 Å². The minimum absolute atomic E-state index is 0.00284. The average Bonchev–Trinajstić information content (AvgIpc) is 3.27. The van der Waals surface area contributed by atoms with Crippen molar-refractivity contribution in [3.05, 3.63) is 196 Å². The van der Waals surface area contributed by atoms with E-state index >= 15 is 0 Å². The lowest BCUT2D eigenvalue weighted by Gasteiger charge is -2.18. The number of pyridine rings is 1. The molecule has 0 fully saturated rings. The molecule has 12 nitrogen and oxygen atoms in total. The van der Waals surface area contributed by atoms with E-state index in [-0.39, 0.29) is 37.0 Å². The van der Waals surface area contributed by atoms with Crippen molar-refractivity contribution in [3.8, 4) is 5.75 Å². The summed E-state index contributed by atoms with van der Waals surface area (Å²) in [4.78, 5) is 42.1. The highest BCUT2D eigenvalue weighted by Gasteiger charge is 2.12. The summed E-state index contributed by atoms with van der Waals surface area (Å²) >= 11 is 0. The van der Waals surface area contributed by atoms with Crippen molar-refractivity contribution in [1.29, 1.82) is 0 Å². The maximum absolute atomic E-state index is 12.8. The molecule has 1 heterocycles. The Labute approximate surface area is 357 Å². The van der Waals surface area contributed by atoms with Gasteiger partial charge in [0.05, 0.1) is 19.2 Å². The molecule has 0 bridgehead atoms. The number of amides is 4. The second kappa shape index (κ2) is 22.4. The number of nitrogens with two attached hydrogens (primary N) is 1. The van der Waals surface area contributed by atoms with Crippen LogP contribution in [0.2, 0.25) is 0 Å². The number of carbonyl (C=O) groups is 3. The molecular weight excluding hydrogens is 767 g/mol. The van der Waals surface area contributed by atoms with Gasteiger partial charge in [-0.15, -0.1) is 0 Å². The van der Waals surface area contributed by atoms with Crippen molar-refractivity contribution in [2.45, 2.75) is 58.0 Å². The van der Waals surface area contributed by atoms with E-state index in [0.717, 1.165) is 44.7 Å². The van der Waals surface area contributed by atoms with Crippen LogP contribution in [0.3, 0.4) is 0 Å². The third-order valence-corrected chi connectivity index (χ3v) is 9.98. The van der Waals surface area contributed by atoms with Gasteiger partial charge in [0.25, 0.3) is 5.91 Å². The minimum atomic E-state index is -0.702. The largest absolute Gasteiger partial charge is 0.489 e. The first-order chi connectivity index (χ1) is 29.6. The fourth-order valence-corrected chi connectivity index (χ4v) is 6.64. The zero-order chi connectivity index (χ0) is 42.8. The summed E-state index contributed by atoms with van der Waals surface area (Å²) in [6, 6.07) is 44.1. The molecule has 0 radical (unpaired) electrons. The van der Waals surface area contributed by atoms with Gasteiger partial charge in [-0.2, -0.15) is 0 Å². The highest BCUT2D eigenvalue weighted by molar-refractivity contribution is 5.94. The molecule has 0 aliphatic heterocycles. The molecule has 0 unspecified atom stereocenters. The van der Waals surface area contributed by atoms with Crippen LogP contribution >= 0.6 is 0 Å². The third-order valence-electron chi connectivity index (χ3n) is 9.98. The SMILES string of the molecule is C[C@H](Cc1cccc(CC(=O)NCNC(=O)c2ccc(Cc3cccc(CNC(=O)NCc4ccc(OCc5ccccc5)cc4)c3)cc2)c1)NC[C@H](O)c1ccc(N)nc1. The molecule has 8 N–H and O–H groups in total. The molecule has 12 heteroatoms. The molecule has 61 heavy (non-hydrogen) atoms. The normalized spacial score (nSPS) is 11.8. The summed E-state index contributed by atoms with van der Waals surface area (Å²) < 4.78 is 5.85. The van der Waals surface area contributed by atoms with E-state index in [1.54, 1.807) is 30.5 Å². The van der Waals surface area contributed by atoms with E-state index in [1.165, 1.54) is 0 Å². The van der Waals surface area contributed by atoms with Crippen LogP contribution in [0, 0.1) is 0 Å². The predicted octanol–water partition coefficient (Wildman–Crippen LogP) is 6.13. The maximum Gasteiger partial charge on any atom is 0.315 e. The monoisotopic (exact) mass is 819 g/mol. The zero-order valence-electron chi connectivity index (χ0n) is 34.3. The quantitative estimate of drug-likeness (QED) is 0.0450. The van der Waals surface area contributed by atoms with Crippen LogP contribution in [-0.2, 0) is 43.8 Å². The third kappa shape index (κ3) is 14.6. The van der Waals surface area contributed by atoms with E-state index in [2.05, 4.69) is 37.6 Å². The number of aliphatic hydroxyl groups excluding tert-OH is 1. The van der Waals surface area contributed by atoms with E-state index in [1.807, 2.05) is 116 Å². The smallest absolute Gasteiger partial charge is 0.315 e. The van der Waals surface area contributed by atoms with Crippen molar-refractivity contribution in [2.75, 3.05) is 18.9 Å². The molecule has 0 aliphatic carbocycles. The standard InChI is InChI=1S/C49H53N7O5/c1-34(51-31-45(57)43-19-22-46(50)52-30-43)23-38-9-5-11-40(25-38)27-47(58)55-33-56-48(59)42-17-13-35(14-18-42)24-39-10-6-12-41(26-39)29-54-49(60)53-28-36-15-20-44(21-16-36)61-32-37-7-3-2-4-8-37/h2-22,25-26,30,34,45,51,57H,23-24,27-29,31-33H2,1H3,(H2,50,52)(H,55,58)(H,56,59)(H2,53,54,60)/t34-,45+/m1/s1. The van der Waals surface area contributed by atoms with E-state index in [9.17, 15) is 19.5 Å². The Hall–Kier alpha value is -7.02. The predicted molar refractivity (Wildman–Crippen MR) is 237 cm³/mol. The number of anilines is 1. The van der Waals surface area contributed by atoms with Crippen LogP contribution in [-0.4, -0.2) is 47.2 Å². The number of aromatic nitrogens is 1. The van der Waals surface area contributed by atoms with Crippen molar-refractivity contribution in [1.82, 2.24) is 31.6 Å². The number of rotatable bonds is 20. The fourth-order valence-electron chi connectivity index (χ4n) is 6.64. The maximum atomic E-state index is 12.8. The lowest BCUT2D eigenvalue weighted by atomic mass is 10.0. The van der Waals surface area contributed by atoms with Crippen LogP contribution in [0.1, 0.15) is 67.9 Å². The number of nitrogens with zero attached hydrogens (tertiary/aromatic N) is 1. The Kier molecular flexibility index (Phi) is 16.0. The van der Waals surface area contributed by atoms with Gasteiger partial charge in [-0.1, -0.05) is 109 Å². The minimum Gasteiger partial charge on any atom is -0.489 e. The van der Waals surface area contributed by atoms with Crippen LogP contribution < -0.4 is 37.1 Å². The fraction of sp³-hybridized carbons (Fsp3) is 0.224. The number of urea groups is 1. The van der Waals surface area contributed by atoms with Gasteiger partial charge < -0.3 is 42.2 Å². The van der Waals surface area contributed by atoms with E-state index in [0.29, 0.717) is 56.0 Å². The van der Waals surface area contributed by atoms with Gasteiger partial charge >= 0.3 is 6.03 Å². The summed E-state index contributed by atoms with van der Waals surface area (Å²) in [6.07, 6.45) is 2.42. The van der Waals surface area contributed by atoms with E-state index in [4.69, 9.17) is 10.5 Å². The lowest BCUT2D eigenvalue weighted by Crippen LogP contribution is -2.37. The summed E-state index contributed by atoms with van der Waals surface area (Å²) in [5.41, 5.74) is 13.9. The number of ether oxygens (including phenoxy) is 1. The number of hydrogen-bond donors (Lipinski definition) is 7. The van der Waals surface area contributed by atoms with Gasteiger partial charge in [-0.25, -0.2) is 9.78 Å². The van der Waals surface area contributed by atoms with Crippen molar-refractivity contribution >= 4 is 23.7 Å². The Morgan fingerprint density at radius 2 is 1.33 bits per heavy atom. The molecule has 6 aromatic rings. The molecule has 4 amide bonds. The molecule has 5 aromatic carbocycles. The Bertz CT molecular complexity index is 2320. The molecule has 0 saturated heterocycles. The zero-order valence-corrected chi connectivity index (χ0v) is 34.3. The van der Waals surface area contributed by atoms with Gasteiger partial charge in [0.2, 0.25) is 5.91 Å². The Morgan fingerprint density at radius 3 is 2.07 bits per heavy atom. The van der Waals surface area contributed by atoms with E-state index < -0.39 is 6.10 Å². The molecule has 0 spiro atoms. The lowest BCUT2D eigenvalue weighted by molar-refractivity contribution is -0.120. The number of nitrogens with one attached hydrogen (secondary N) is 5. The van der Waals surface area contributed by atoms with Gasteiger partial charge in [-0.3, -0.25) is 9.59 Å². The van der Waals surface area contributed by atoms with Crippen LogP contribution in [0.5, 0.6) is 5.75 Å². The van der Waals surface area contributed by atoms with Crippen molar-refractivity contribution in [3.63, 3.8) is 0 Å². The summed E-state index contributed by atoms with van der Waals surface area (Å²) in [5, 5.41) is 25.2. The Balaban J connectivity index is 0.861. The average molecular weight is 820 g/mol. The molecule has 0 saturated carbocycles. The van der Waals surface area contributed by atoms with Crippen molar-refractivity contribution < 1.29 is 24.2 Å². The second-order valence-corrected chi connectivity index (χ2v) is 15.0. The van der Waals surface area contributed by atoms with Gasteiger partial charge in [0.1, 0.15) is 18.2 Å². The number of aliphatic hydroxyl groups is 1. The number of carbonyl (C=O) groups excluding carboxylic acids is 3. The topological polar surface area (TPSA) is 180 Å². The van der Waals surface area contributed by atoms with Crippen LogP contribution in [0.25, 0.3) is 0 Å². The summed E-state index contributed by atoms with van der Waals surface area (Å²) in [6.45, 7) is 3.68. The molecular formula is C49H53N7O5. The molecule has 2 atom stereocenters. The number of hydrogen-bond acceptors (Lipinski definition) is 8. The van der Waals surface area contributed by atoms with Gasteiger partial charge in [0.15, 0.2) is 0 Å². The first-order valence-electron chi connectivity index (χ1n) is 20.3. The number of benzene rings is 5. The molecule has 6 rings (SSSR count). The van der Waals surface area contributed by atoms with Gasteiger partial charge in [-0.05, 0) is 89.0 Å². The summed E-state index contributed by atoms with van der Waals surface area (Å²) in [5.74, 6) is 0.685. The van der Waals surface area contributed by atoms with Gasteiger partial charge in [0, 0.05) is 43.0 Å². The molecule has 0 aliphatic rings. The highest BCUT2D eigenvalue weighted by atomic mass is 16.5. The Morgan fingerprint density at radius 1 is 0.672 bits per heavy atom. The molecule has 314 valence electrons. The first-order valence-corrected chi connectivity index (χ1v) is 20.3.